The van der Waals surface area contributed by atoms with Gasteiger partial charge in [-0.25, -0.2) is 12.7 Å². The molecule has 5 heteroatoms. The van der Waals surface area contributed by atoms with Crippen LogP contribution in [0.4, 0.5) is 0 Å². The molecule has 4 nitrogen and oxygen atoms in total. The number of nitrogens with one attached hydrogen (secondary N) is 1. The number of rotatable bonds is 6. The second kappa shape index (κ2) is 6.10. The quantitative estimate of drug-likeness (QED) is 0.813. The van der Waals surface area contributed by atoms with Crippen LogP contribution in [-0.4, -0.2) is 43.6 Å². The van der Waals surface area contributed by atoms with E-state index in [9.17, 15) is 8.42 Å². The highest BCUT2D eigenvalue weighted by atomic mass is 32.2. The summed E-state index contributed by atoms with van der Waals surface area (Å²) < 4.78 is 26.7. The van der Waals surface area contributed by atoms with Crippen LogP contribution in [0.1, 0.15) is 52.4 Å². The van der Waals surface area contributed by atoms with Crippen molar-refractivity contribution in [1.82, 2.24) is 9.62 Å². The van der Waals surface area contributed by atoms with E-state index in [0.717, 1.165) is 31.6 Å². The van der Waals surface area contributed by atoms with E-state index in [1.165, 1.54) is 12.8 Å². The maximum Gasteiger partial charge on any atom is 0.217 e. The molecule has 1 atom stereocenters. The molecular formula is C14H28N2O2S. The third-order valence-corrected chi connectivity index (χ3v) is 6.97. The Labute approximate surface area is 118 Å². The predicted octanol–water partition coefficient (Wildman–Crippen LogP) is 1.97. The number of nitrogens with zero attached hydrogens (tertiary/aromatic N) is 1. The molecule has 0 aromatic heterocycles. The van der Waals surface area contributed by atoms with Gasteiger partial charge >= 0.3 is 0 Å². The molecule has 0 aromatic carbocycles. The third-order valence-electron chi connectivity index (χ3n) is 4.68. The fraction of sp³-hybridized carbons (Fsp3) is 1.00. The summed E-state index contributed by atoms with van der Waals surface area (Å²) in [5.74, 6) is 0.751. The van der Waals surface area contributed by atoms with Crippen molar-refractivity contribution in [2.24, 2.45) is 5.92 Å². The third kappa shape index (κ3) is 3.92. The van der Waals surface area contributed by atoms with E-state index in [1.807, 2.05) is 6.92 Å². The van der Waals surface area contributed by atoms with Crippen molar-refractivity contribution in [3.05, 3.63) is 0 Å². The van der Waals surface area contributed by atoms with Crippen LogP contribution in [0.25, 0.3) is 0 Å². The van der Waals surface area contributed by atoms with E-state index in [1.54, 1.807) is 11.4 Å². The molecule has 0 saturated heterocycles. The molecule has 112 valence electrons. The van der Waals surface area contributed by atoms with Crippen molar-refractivity contribution in [1.29, 1.82) is 0 Å². The number of sulfonamides is 1. The fourth-order valence-electron chi connectivity index (χ4n) is 2.82. The van der Waals surface area contributed by atoms with Crippen LogP contribution < -0.4 is 5.32 Å². The van der Waals surface area contributed by atoms with Gasteiger partial charge in [0.25, 0.3) is 0 Å². The molecule has 19 heavy (non-hydrogen) atoms. The Morgan fingerprint density at radius 3 is 2.26 bits per heavy atom. The second-order valence-corrected chi connectivity index (χ2v) is 8.88. The van der Waals surface area contributed by atoms with Crippen LogP contribution in [0.15, 0.2) is 0 Å². The first-order chi connectivity index (χ1) is 8.91. The molecular weight excluding hydrogens is 260 g/mol. The Kier molecular flexibility index (Phi) is 4.90. The minimum Gasteiger partial charge on any atom is -0.313 e. The van der Waals surface area contributed by atoms with Crippen LogP contribution in [0.3, 0.4) is 0 Å². The highest BCUT2D eigenvalue weighted by Gasteiger charge is 2.33. The molecule has 0 bridgehead atoms. The molecule has 0 aliphatic heterocycles. The SMILES string of the molecule is CC1CCC(N(C)S(=O)(=O)C(C)CNC2CC2)CC1. The van der Waals surface area contributed by atoms with E-state index in [-0.39, 0.29) is 11.3 Å². The highest BCUT2D eigenvalue weighted by molar-refractivity contribution is 7.89. The summed E-state index contributed by atoms with van der Waals surface area (Å²) in [6, 6.07) is 0.781. The molecule has 0 aromatic rings. The maximum atomic E-state index is 12.5. The summed E-state index contributed by atoms with van der Waals surface area (Å²) in [7, 11) is -1.39. The lowest BCUT2D eigenvalue weighted by Gasteiger charge is -2.34. The second-order valence-electron chi connectivity index (χ2n) is 6.47. The van der Waals surface area contributed by atoms with Crippen LogP contribution in [0.5, 0.6) is 0 Å². The van der Waals surface area contributed by atoms with Crippen LogP contribution in [0.2, 0.25) is 0 Å². The molecule has 0 spiro atoms. The summed E-state index contributed by atoms with van der Waals surface area (Å²) >= 11 is 0. The van der Waals surface area contributed by atoms with E-state index >= 15 is 0 Å². The van der Waals surface area contributed by atoms with Gasteiger partial charge < -0.3 is 5.32 Å². The zero-order valence-electron chi connectivity index (χ0n) is 12.4. The Morgan fingerprint density at radius 2 is 1.74 bits per heavy atom. The standard InChI is InChI=1S/C14H28N2O2S/c1-11-4-8-14(9-5-11)16(3)19(17,18)12(2)10-15-13-6-7-13/h11-15H,4-10H2,1-3H3. The van der Waals surface area contributed by atoms with Gasteiger partial charge in [0.2, 0.25) is 10.0 Å². The lowest BCUT2D eigenvalue weighted by Crippen LogP contribution is -2.46. The van der Waals surface area contributed by atoms with E-state index in [4.69, 9.17) is 0 Å². The maximum absolute atomic E-state index is 12.5. The molecule has 2 rings (SSSR count). The van der Waals surface area contributed by atoms with Gasteiger partial charge in [0.1, 0.15) is 0 Å². The number of hydrogen-bond acceptors (Lipinski definition) is 3. The topological polar surface area (TPSA) is 49.4 Å². The lowest BCUT2D eigenvalue weighted by molar-refractivity contribution is 0.244. The molecule has 0 radical (unpaired) electrons. The van der Waals surface area contributed by atoms with Gasteiger partial charge in [0.05, 0.1) is 5.25 Å². The molecule has 2 saturated carbocycles. The van der Waals surface area contributed by atoms with E-state index < -0.39 is 10.0 Å². The Hall–Kier alpha value is -0.130. The highest BCUT2D eigenvalue weighted by Crippen LogP contribution is 2.28. The van der Waals surface area contributed by atoms with Crippen molar-refractivity contribution >= 4 is 10.0 Å². The lowest BCUT2D eigenvalue weighted by atomic mass is 9.87. The Balaban J connectivity index is 1.89. The molecule has 0 heterocycles. The van der Waals surface area contributed by atoms with E-state index in [0.29, 0.717) is 12.6 Å². The molecule has 1 unspecified atom stereocenters. The molecule has 2 aliphatic carbocycles. The zero-order valence-corrected chi connectivity index (χ0v) is 13.2. The summed E-state index contributed by atoms with van der Waals surface area (Å²) in [5.41, 5.74) is 0. The van der Waals surface area contributed by atoms with E-state index in [2.05, 4.69) is 12.2 Å². The van der Waals surface area contributed by atoms with Gasteiger partial charge in [0.15, 0.2) is 0 Å². The minimum atomic E-state index is -3.15. The minimum absolute atomic E-state index is 0.213. The summed E-state index contributed by atoms with van der Waals surface area (Å²) in [6.45, 7) is 4.67. The first-order valence-corrected chi connectivity index (χ1v) is 9.11. The van der Waals surface area contributed by atoms with Gasteiger partial charge in [0, 0.05) is 25.7 Å². The van der Waals surface area contributed by atoms with Gasteiger partial charge in [-0.1, -0.05) is 6.92 Å². The molecule has 2 fully saturated rings. The first kappa shape index (κ1) is 15.3. The first-order valence-electron chi connectivity index (χ1n) is 7.61. The van der Waals surface area contributed by atoms with Gasteiger partial charge in [-0.3, -0.25) is 0 Å². The van der Waals surface area contributed by atoms with Crippen molar-refractivity contribution in [3.8, 4) is 0 Å². The van der Waals surface area contributed by atoms with Crippen molar-refractivity contribution in [3.63, 3.8) is 0 Å². The Bertz CT molecular complexity index is 384. The molecule has 2 aliphatic rings. The monoisotopic (exact) mass is 288 g/mol. The molecule has 0 amide bonds. The number of hydrogen-bond donors (Lipinski definition) is 1. The Morgan fingerprint density at radius 1 is 1.16 bits per heavy atom. The summed E-state index contributed by atoms with van der Waals surface area (Å²) in [6.07, 6.45) is 6.73. The van der Waals surface area contributed by atoms with Crippen molar-refractivity contribution < 1.29 is 8.42 Å². The van der Waals surface area contributed by atoms with Crippen LogP contribution in [0, 0.1) is 5.92 Å². The summed E-state index contributed by atoms with van der Waals surface area (Å²) in [4.78, 5) is 0. The van der Waals surface area contributed by atoms with Gasteiger partial charge in [-0.2, -0.15) is 0 Å². The largest absolute Gasteiger partial charge is 0.313 e. The average molecular weight is 288 g/mol. The smallest absolute Gasteiger partial charge is 0.217 e. The van der Waals surface area contributed by atoms with Gasteiger partial charge in [-0.15, -0.1) is 0 Å². The van der Waals surface area contributed by atoms with Crippen LogP contribution in [-0.2, 0) is 10.0 Å². The zero-order chi connectivity index (χ0) is 14.0. The average Bonchev–Trinajstić information content (AvgIpc) is 3.20. The van der Waals surface area contributed by atoms with Crippen molar-refractivity contribution in [2.75, 3.05) is 13.6 Å². The van der Waals surface area contributed by atoms with Crippen molar-refractivity contribution in [2.45, 2.75) is 69.7 Å². The fourth-order valence-corrected chi connectivity index (χ4v) is 4.32. The van der Waals surface area contributed by atoms with Crippen LogP contribution >= 0.6 is 0 Å². The normalized spacial score (nSPS) is 30.5. The van der Waals surface area contributed by atoms with Gasteiger partial charge in [-0.05, 0) is 51.4 Å². The molecule has 1 N–H and O–H groups in total. The summed E-state index contributed by atoms with van der Waals surface area (Å²) in [5, 5.41) is 3.00. The predicted molar refractivity (Wildman–Crippen MR) is 78.6 cm³/mol.